The Morgan fingerprint density at radius 3 is 2.61 bits per heavy atom. The van der Waals surface area contributed by atoms with Crippen LogP contribution in [-0.2, 0) is 10.2 Å². The molecule has 23 heavy (non-hydrogen) atoms. The van der Waals surface area contributed by atoms with Gasteiger partial charge in [-0.05, 0) is 37.1 Å². The lowest BCUT2D eigenvalue weighted by atomic mass is 9.80. The Labute approximate surface area is 137 Å². The maximum Gasteiger partial charge on any atom is 0.303 e. The van der Waals surface area contributed by atoms with E-state index in [0.29, 0.717) is 0 Å². The summed E-state index contributed by atoms with van der Waals surface area (Å²) in [5, 5.41) is 11.4. The smallest absolute Gasteiger partial charge is 0.303 e. The molecule has 3 rings (SSSR count). The van der Waals surface area contributed by atoms with Crippen molar-refractivity contribution in [2.45, 2.75) is 45.4 Å². The lowest BCUT2D eigenvalue weighted by Crippen LogP contribution is -2.26. The van der Waals surface area contributed by atoms with Crippen molar-refractivity contribution >= 4 is 28.1 Å². The zero-order valence-electron chi connectivity index (χ0n) is 14.1. The number of hydrogen-bond donors (Lipinski definition) is 1. The molecule has 0 spiro atoms. The van der Waals surface area contributed by atoms with Gasteiger partial charge in [0.2, 0.25) is 5.69 Å². The maximum absolute atomic E-state index is 10.7. The number of benzene rings is 2. The van der Waals surface area contributed by atoms with E-state index in [9.17, 15) is 4.79 Å². The molecule has 0 fully saturated rings. The number of hydrogen-bond acceptors (Lipinski definition) is 1. The molecule has 0 amide bonds. The Morgan fingerprint density at radius 2 is 1.87 bits per heavy atom. The van der Waals surface area contributed by atoms with Crippen LogP contribution in [0.15, 0.2) is 36.4 Å². The Hall–Kier alpha value is -2.16. The fraction of sp³-hybridized carbons (Fsp3) is 0.400. The molecular weight excluding hydrogens is 286 g/mol. The second-order valence-corrected chi connectivity index (χ2v) is 6.89. The monoisotopic (exact) mass is 310 g/mol. The molecule has 0 saturated heterocycles. The fourth-order valence-corrected chi connectivity index (χ4v) is 3.68. The molecule has 0 radical (unpaired) electrons. The number of unbranched alkanes of at least 4 members (excludes halogenated alkanes) is 1. The molecule has 0 bridgehead atoms. The van der Waals surface area contributed by atoms with E-state index < -0.39 is 5.97 Å². The average molecular weight is 310 g/mol. The van der Waals surface area contributed by atoms with E-state index in [1.165, 1.54) is 27.7 Å². The van der Waals surface area contributed by atoms with Crippen molar-refractivity contribution < 1.29 is 14.5 Å². The van der Waals surface area contributed by atoms with Crippen LogP contribution in [0.2, 0.25) is 0 Å². The molecule has 1 heterocycles. The van der Waals surface area contributed by atoms with Gasteiger partial charge in [-0.1, -0.05) is 24.3 Å². The van der Waals surface area contributed by atoms with E-state index in [1.807, 2.05) is 0 Å². The standard InChI is InChI=1S/C20H23NO2/c1-14-20(2,3)19-16-9-5-4-8-15(16)11-12-17(19)21(14)13-7-6-10-18(22)23/h4-5,8-9,11-12H,6-7,10,13H2,1-3H3/p+1. The summed E-state index contributed by atoms with van der Waals surface area (Å²) >= 11 is 0. The van der Waals surface area contributed by atoms with Gasteiger partial charge >= 0.3 is 5.97 Å². The van der Waals surface area contributed by atoms with E-state index in [1.54, 1.807) is 0 Å². The summed E-state index contributed by atoms with van der Waals surface area (Å²) in [7, 11) is 0. The van der Waals surface area contributed by atoms with Gasteiger partial charge < -0.3 is 5.11 Å². The Bertz CT molecular complexity index is 802. The third-order valence-electron chi connectivity index (χ3n) is 5.15. The first-order chi connectivity index (χ1) is 10.9. The van der Waals surface area contributed by atoms with Gasteiger partial charge in [-0.15, -0.1) is 0 Å². The zero-order chi connectivity index (χ0) is 16.6. The highest BCUT2D eigenvalue weighted by Gasteiger charge is 2.43. The van der Waals surface area contributed by atoms with Gasteiger partial charge in [0, 0.05) is 31.4 Å². The van der Waals surface area contributed by atoms with Crippen molar-refractivity contribution in [2.75, 3.05) is 6.54 Å². The van der Waals surface area contributed by atoms with Crippen LogP contribution in [0, 0.1) is 0 Å². The summed E-state index contributed by atoms with van der Waals surface area (Å²) in [6, 6.07) is 13.0. The second kappa shape index (κ2) is 5.80. The number of fused-ring (bicyclic) bond motifs is 3. The van der Waals surface area contributed by atoms with E-state index >= 15 is 0 Å². The van der Waals surface area contributed by atoms with Crippen molar-refractivity contribution in [1.29, 1.82) is 0 Å². The quantitative estimate of drug-likeness (QED) is 0.653. The first-order valence-electron chi connectivity index (χ1n) is 8.28. The summed E-state index contributed by atoms with van der Waals surface area (Å²) < 4.78 is 2.38. The molecule has 0 saturated carbocycles. The zero-order valence-corrected chi connectivity index (χ0v) is 14.1. The number of carboxylic acid groups (broad SMARTS) is 1. The normalized spacial score (nSPS) is 16.0. The predicted octanol–water partition coefficient (Wildman–Crippen LogP) is 4.49. The van der Waals surface area contributed by atoms with Crippen molar-refractivity contribution in [1.82, 2.24) is 0 Å². The number of nitrogens with zero attached hydrogens (tertiary/aromatic N) is 1. The van der Waals surface area contributed by atoms with Crippen LogP contribution in [-0.4, -0.2) is 27.9 Å². The van der Waals surface area contributed by atoms with E-state index in [-0.39, 0.29) is 11.8 Å². The largest absolute Gasteiger partial charge is 0.481 e. The van der Waals surface area contributed by atoms with Crippen LogP contribution in [0.25, 0.3) is 10.8 Å². The Kier molecular flexibility index (Phi) is 3.97. The summed E-state index contributed by atoms with van der Waals surface area (Å²) in [6.07, 6.45) is 1.87. The van der Waals surface area contributed by atoms with Crippen LogP contribution in [0.1, 0.15) is 45.6 Å². The molecule has 0 unspecified atom stereocenters. The third kappa shape index (κ3) is 2.65. The lowest BCUT2D eigenvalue weighted by Gasteiger charge is -2.17. The first kappa shape index (κ1) is 15.7. The van der Waals surface area contributed by atoms with Gasteiger partial charge in [0.15, 0.2) is 5.71 Å². The highest BCUT2D eigenvalue weighted by Crippen LogP contribution is 2.43. The SMILES string of the molecule is CC1=[N+](CCCCC(=O)O)c2ccc3ccccc3c2C1(C)C. The predicted molar refractivity (Wildman–Crippen MR) is 93.9 cm³/mol. The molecule has 2 aromatic rings. The molecule has 120 valence electrons. The summed E-state index contributed by atoms with van der Waals surface area (Å²) in [5.41, 5.74) is 4.02. The van der Waals surface area contributed by atoms with E-state index in [4.69, 9.17) is 5.11 Å². The summed E-state index contributed by atoms with van der Waals surface area (Å²) in [4.78, 5) is 10.7. The van der Waals surface area contributed by atoms with Crippen molar-refractivity contribution in [2.24, 2.45) is 0 Å². The topological polar surface area (TPSA) is 40.3 Å². The average Bonchev–Trinajstić information content (AvgIpc) is 2.71. The van der Waals surface area contributed by atoms with Gasteiger partial charge in [0.25, 0.3) is 0 Å². The molecule has 0 atom stereocenters. The van der Waals surface area contributed by atoms with Gasteiger partial charge in [-0.2, -0.15) is 4.58 Å². The molecule has 0 aromatic heterocycles. The van der Waals surface area contributed by atoms with Gasteiger partial charge in [0.05, 0.1) is 5.41 Å². The van der Waals surface area contributed by atoms with E-state index in [2.05, 4.69) is 61.7 Å². The van der Waals surface area contributed by atoms with Gasteiger partial charge in [0.1, 0.15) is 6.54 Å². The number of aliphatic carboxylic acids is 1. The fourth-order valence-electron chi connectivity index (χ4n) is 3.68. The molecular formula is C20H24NO2+. The Morgan fingerprint density at radius 1 is 1.13 bits per heavy atom. The van der Waals surface area contributed by atoms with Crippen molar-refractivity contribution in [3.63, 3.8) is 0 Å². The van der Waals surface area contributed by atoms with Gasteiger partial charge in [-0.3, -0.25) is 4.79 Å². The van der Waals surface area contributed by atoms with Gasteiger partial charge in [-0.25, -0.2) is 0 Å². The van der Waals surface area contributed by atoms with Crippen LogP contribution >= 0.6 is 0 Å². The minimum absolute atomic E-state index is 0.00297. The molecule has 3 heteroatoms. The molecule has 1 aliphatic heterocycles. The highest BCUT2D eigenvalue weighted by atomic mass is 16.4. The third-order valence-corrected chi connectivity index (χ3v) is 5.15. The Balaban J connectivity index is 1.98. The number of carboxylic acids is 1. The minimum atomic E-state index is -0.709. The lowest BCUT2D eigenvalue weighted by molar-refractivity contribution is -0.439. The first-order valence-corrected chi connectivity index (χ1v) is 8.28. The van der Waals surface area contributed by atoms with Crippen LogP contribution in [0.3, 0.4) is 0 Å². The molecule has 2 aromatic carbocycles. The number of carbonyl (C=O) groups is 1. The van der Waals surface area contributed by atoms with Crippen molar-refractivity contribution in [3.8, 4) is 0 Å². The minimum Gasteiger partial charge on any atom is -0.481 e. The summed E-state index contributed by atoms with van der Waals surface area (Å²) in [6.45, 7) is 7.65. The van der Waals surface area contributed by atoms with E-state index in [0.717, 1.165) is 19.4 Å². The molecule has 3 nitrogen and oxygen atoms in total. The molecule has 0 aliphatic carbocycles. The van der Waals surface area contributed by atoms with Crippen LogP contribution in [0.5, 0.6) is 0 Å². The maximum atomic E-state index is 10.7. The number of rotatable bonds is 5. The molecule has 1 aliphatic rings. The van der Waals surface area contributed by atoms with Crippen LogP contribution in [0.4, 0.5) is 5.69 Å². The highest BCUT2D eigenvalue weighted by molar-refractivity contribution is 6.01. The summed E-state index contributed by atoms with van der Waals surface area (Å²) in [5.74, 6) is -0.709. The second-order valence-electron chi connectivity index (χ2n) is 6.89. The van der Waals surface area contributed by atoms with Crippen LogP contribution < -0.4 is 0 Å². The molecule has 1 N–H and O–H groups in total. The van der Waals surface area contributed by atoms with Crippen molar-refractivity contribution in [3.05, 3.63) is 42.0 Å².